The molecule has 1 N–H and O–H groups in total. The summed E-state index contributed by atoms with van der Waals surface area (Å²) in [6.45, 7) is 8.74. The lowest BCUT2D eigenvalue weighted by Gasteiger charge is -2.33. The standard InChI is InChI=1S/C27H38ClN3O5/c1-18-5-7-23(32)15-25(33)36-26(20(3)13-21-14-22(28)17-29-16-21)19(2)6-8-24(18)35-27(34)31-11-9-30(4)10-12-31/h6,8,13-14,16-19,23-24,26,32H,5,7,9-12,15H2,1-4H3/b8-6+,20-13+/t18-,19-,23+,24-,26-/m0/s1. The molecule has 3 heterocycles. The highest BCUT2D eigenvalue weighted by Gasteiger charge is 2.29. The van der Waals surface area contributed by atoms with Gasteiger partial charge in [0.1, 0.15) is 12.2 Å². The van der Waals surface area contributed by atoms with Crippen molar-refractivity contribution in [2.45, 2.75) is 58.3 Å². The summed E-state index contributed by atoms with van der Waals surface area (Å²) in [5.41, 5.74) is 1.61. The molecular formula is C27H38ClN3O5. The molecule has 1 fully saturated rings. The smallest absolute Gasteiger partial charge is 0.410 e. The number of aliphatic hydroxyl groups is 1. The van der Waals surface area contributed by atoms with Crippen LogP contribution in [0.4, 0.5) is 4.79 Å². The zero-order valence-corrected chi connectivity index (χ0v) is 22.4. The van der Waals surface area contributed by atoms with Crippen LogP contribution in [-0.2, 0) is 14.3 Å². The van der Waals surface area contributed by atoms with Crippen LogP contribution < -0.4 is 0 Å². The normalized spacial score (nSPS) is 30.1. The number of esters is 1. The Morgan fingerprint density at radius 1 is 1.19 bits per heavy atom. The third-order valence-corrected chi connectivity index (χ3v) is 7.03. The van der Waals surface area contributed by atoms with Crippen LogP contribution in [0, 0.1) is 11.8 Å². The van der Waals surface area contributed by atoms with Crippen LogP contribution in [0.15, 0.2) is 36.2 Å². The van der Waals surface area contributed by atoms with Crippen molar-refractivity contribution in [2.24, 2.45) is 11.8 Å². The van der Waals surface area contributed by atoms with Crippen LogP contribution in [-0.4, -0.2) is 83.5 Å². The van der Waals surface area contributed by atoms with Gasteiger partial charge in [0.15, 0.2) is 0 Å². The number of halogens is 1. The number of aliphatic hydroxyl groups excluding tert-OH is 1. The Morgan fingerprint density at radius 2 is 1.92 bits per heavy atom. The van der Waals surface area contributed by atoms with Gasteiger partial charge in [-0.3, -0.25) is 9.78 Å². The fourth-order valence-electron chi connectivity index (χ4n) is 4.48. The number of pyridine rings is 1. The van der Waals surface area contributed by atoms with Gasteiger partial charge < -0.3 is 24.4 Å². The number of likely N-dealkylation sites (N-methyl/N-ethyl adjacent to an activating group) is 1. The van der Waals surface area contributed by atoms with E-state index in [1.807, 2.05) is 46.0 Å². The van der Waals surface area contributed by atoms with Crippen molar-refractivity contribution in [3.05, 3.63) is 46.8 Å². The maximum atomic E-state index is 12.9. The van der Waals surface area contributed by atoms with E-state index in [0.717, 1.165) is 24.2 Å². The second-order valence-electron chi connectivity index (χ2n) is 10.0. The number of hydrogen-bond donors (Lipinski definition) is 1. The Bertz CT molecular complexity index is 960. The van der Waals surface area contributed by atoms with Gasteiger partial charge in [-0.05, 0) is 56.0 Å². The molecular weight excluding hydrogens is 482 g/mol. The zero-order chi connectivity index (χ0) is 26.2. The molecule has 0 bridgehead atoms. The quantitative estimate of drug-likeness (QED) is 0.473. The van der Waals surface area contributed by atoms with Crippen molar-refractivity contribution in [1.29, 1.82) is 0 Å². The lowest BCUT2D eigenvalue weighted by Crippen LogP contribution is -2.48. The number of amides is 1. The monoisotopic (exact) mass is 519 g/mol. The van der Waals surface area contributed by atoms with Crippen LogP contribution in [0.5, 0.6) is 0 Å². The molecule has 36 heavy (non-hydrogen) atoms. The Balaban J connectivity index is 1.82. The summed E-state index contributed by atoms with van der Waals surface area (Å²) in [5.74, 6) is -0.676. The molecule has 0 aliphatic carbocycles. The second kappa shape index (κ2) is 13.2. The predicted molar refractivity (Wildman–Crippen MR) is 139 cm³/mol. The third kappa shape index (κ3) is 8.32. The fourth-order valence-corrected chi connectivity index (χ4v) is 4.66. The first-order valence-corrected chi connectivity index (χ1v) is 13.0. The van der Waals surface area contributed by atoms with Crippen LogP contribution in [0.2, 0.25) is 5.02 Å². The molecule has 0 aromatic carbocycles. The van der Waals surface area contributed by atoms with Crippen molar-refractivity contribution in [1.82, 2.24) is 14.8 Å². The van der Waals surface area contributed by atoms with Crippen LogP contribution in [0.25, 0.3) is 6.08 Å². The highest BCUT2D eigenvalue weighted by Crippen LogP contribution is 2.26. The lowest BCUT2D eigenvalue weighted by molar-refractivity contribution is -0.151. The van der Waals surface area contributed by atoms with Crippen LogP contribution >= 0.6 is 11.6 Å². The molecule has 0 unspecified atom stereocenters. The van der Waals surface area contributed by atoms with Gasteiger partial charge in [0.2, 0.25) is 0 Å². The maximum Gasteiger partial charge on any atom is 0.410 e. The summed E-state index contributed by atoms with van der Waals surface area (Å²) in [5, 5.41) is 11.0. The molecule has 198 valence electrons. The summed E-state index contributed by atoms with van der Waals surface area (Å²) in [4.78, 5) is 33.5. The molecule has 1 saturated heterocycles. The highest BCUT2D eigenvalue weighted by atomic mass is 35.5. The Hall–Kier alpha value is -2.42. The minimum Gasteiger partial charge on any atom is -0.457 e. The molecule has 9 heteroatoms. The SMILES string of the molecule is C/C(=C\c1cncc(Cl)c1)[C@H]1OC(=O)C[C@H](O)CC[C@H](C)[C@@H](OC(=O)N2CCN(C)CC2)/C=C/[C@@H]1C. The zero-order valence-electron chi connectivity index (χ0n) is 21.6. The first-order valence-electron chi connectivity index (χ1n) is 12.6. The van der Waals surface area contributed by atoms with E-state index < -0.39 is 24.3 Å². The van der Waals surface area contributed by atoms with Crippen molar-refractivity contribution < 1.29 is 24.2 Å². The molecule has 2 aliphatic heterocycles. The molecule has 1 aromatic heterocycles. The summed E-state index contributed by atoms with van der Waals surface area (Å²) in [7, 11) is 2.04. The molecule has 1 aromatic rings. The van der Waals surface area contributed by atoms with Gasteiger partial charge in [0, 0.05) is 44.5 Å². The van der Waals surface area contributed by atoms with E-state index in [1.165, 1.54) is 0 Å². The average Bonchev–Trinajstić information content (AvgIpc) is 2.83. The molecule has 8 nitrogen and oxygen atoms in total. The number of nitrogens with zero attached hydrogens (tertiary/aromatic N) is 3. The van der Waals surface area contributed by atoms with Gasteiger partial charge >= 0.3 is 12.1 Å². The summed E-state index contributed by atoms with van der Waals surface area (Å²) in [6.07, 6.45) is 7.74. The topological polar surface area (TPSA) is 92.2 Å². The lowest BCUT2D eigenvalue weighted by atomic mass is 9.91. The van der Waals surface area contributed by atoms with E-state index in [9.17, 15) is 14.7 Å². The van der Waals surface area contributed by atoms with Gasteiger partial charge in [-0.15, -0.1) is 0 Å². The van der Waals surface area contributed by atoms with Crippen molar-refractivity contribution in [2.75, 3.05) is 33.2 Å². The van der Waals surface area contributed by atoms with E-state index >= 15 is 0 Å². The van der Waals surface area contributed by atoms with Gasteiger partial charge in [-0.25, -0.2) is 4.79 Å². The minimum atomic E-state index is -0.824. The van der Waals surface area contributed by atoms with Gasteiger partial charge in [0.05, 0.1) is 17.5 Å². The molecule has 3 rings (SSSR count). The highest BCUT2D eigenvalue weighted by molar-refractivity contribution is 6.30. The maximum absolute atomic E-state index is 12.9. The Kier molecular flexibility index (Phi) is 10.3. The second-order valence-corrected chi connectivity index (χ2v) is 10.5. The van der Waals surface area contributed by atoms with E-state index in [4.69, 9.17) is 21.1 Å². The number of hydrogen-bond acceptors (Lipinski definition) is 7. The van der Waals surface area contributed by atoms with E-state index in [1.54, 1.807) is 23.4 Å². The van der Waals surface area contributed by atoms with Crippen molar-refractivity contribution in [3.63, 3.8) is 0 Å². The molecule has 0 spiro atoms. The first-order chi connectivity index (χ1) is 17.1. The number of ether oxygens (including phenoxy) is 2. The number of aromatic nitrogens is 1. The van der Waals surface area contributed by atoms with Gasteiger partial charge in [-0.1, -0.05) is 37.6 Å². The average molecular weight is 520 g/mol. The predicted octanol–water partition coefficient (Wildman–Crippen LogP) is 4.18. The molecule has 0 saturated carbocycles. The number of piperazine rings is 1. The van der Waals surface area contributed by atoms with Gasteiger partial charge in [-0.2, -0.15) is 0 Å². The molecule has 2 aliphatic rings. The summed E-state index contributed by atoms with van der Waals surface area (Å²) < 4.78 is 11.8. The van der Waals surface area contributed by atoms with Crippen molar-refractivity contribution in [3.8, 4) is 0 Å². The van der Waals surface area contributed by atoms with Gasteiger partial charge in [0.25, 0.3) is 0 Å². The third-order valence-electron chi connectivity index (χ3n) is 6.83. The minimum absolute atomic E-state index is 0.0254. The Labute approximate surface area is 218 Å². The Morgan fingerprint density at radius 3 is 2.61 bits per heavy atom. The van der Waals surface area contributed by atoms with Crippen LogP contribution in [0.3, 0.4) is 0 Å². The van der Waals surface area contributed by atoms with Crippen LogP contribution in [0.1, 0.15) is 45.6 Å². The number of rotatable bonds is 3. The number of cyclic esters (lactones) is 1. The fraction of sp³-hybridized carbons (Fsp3) is 0.593. The summed E-state index contributed by atoms with van der Waals surface area (Å²) in [6, 6.07) is 1.79. The van der Waals surface area contributed by atoms with E-state index in [0.29, 0.717) is 31.0 Å². The van der Waals surface area contributed by atoms with E-state index in [-0.39, 0.29) is 24.3 Å². The molecule has 0 radical (unpaired) electrons. The molecule has 1 amide bonds. The van der Waals surface area contributed by atoms with E-state index in [2.05, 4.69) is 9.88 Å². The summed E-state index contributed by atoms with van der Waals surface area (Å²) >= 11 is 6.07. The van der Waals surface area contributed by atoms with Crippen molar-refractivity contribution >= 4 is 29.7 Å². The largest absolute Gasteiger partial charge is 0.457 e. The number of carbonyl (C=O) groups excluding carboxylic acids is 2. The first kappa shape index (κ1) is 28.2. The molecule has 5 atom stereocenters. The number of carbonyl (C=O) groups is 2.